The van der Waals surface area contributed by atoms with Gasteiger partial charge in [0.1, 0.15) is 0 Å². The number of methoxy groups -OCH3 is 1. The van der Waals surface area contributed by atoms with Crippen molar-refractivity contribution in [2.75, 3.05) is 31.9 Å². The maximum atomic E-state index is 13.4. The summed E-state index contributed by atoms with van der Waals surface area (Å²) in [5.41, 5.74) is 8.12. The topological polar surface area (TPSA) is 105 Å². The van der Waals surface area contributed by atoms with Crippen molar-refractivity contribution >= 4 is 49.8 Å². The van der Waals surface area contributed by atoms with Crippen LogP contribution in [0.1, 0.15) is 39.1 Å². The number of phenols is 1. The number of nitrogens with two attached hydrogens (primary N) is 1. The molecule has 0 saturated carbocycles. The van der Waals surface area contributed by atoms with Gasteiger partial charge < -0.3 is 20.5 Å². The summed E-state index contributed by atoms with van der Waals surface area (Å²) in [6.07, 6.45) is 2.24. The van der Waals surface area contributed by atoms with Crippen molar-refractivity contribution in [2.24, 2.45) is 5.73 Å². The van der Waals surface area contributed by atoms with Crippen molar-refractivity contribution < 1.29 is 24.3 Å². The number of aromatic hydroxyl groups is 1. The van der Waals surface area contributed by atoms with Crippen molar-refractivity contribution in [3.05, 3.63) is 77.4 Å². The monoisotopic (exact) mass is 535 g/mol. The molecule has 40 heavy (non-hydrogen) atoms. The molecule has 8 nitrogen and oxygen atoms in total. The Morgan fingerprint density at radius 1 is 1.05 bits per heavy atom. The number of carbonyl (C=O) groups excluding carboxylic acids is 2. The van der Waals surface area contributed by atoms with Crippen molar-refractivity contribution in [1.82, 2.24) is 4.90 Å². The molecule has 0 spiro atoms. The van der Waals surface area contributed by atoms with Crippen LogP contribution >= 0.6 is 0 Å². The Hall–Kier alpha value is -4.56. The summed E-state index contributed by atoms with van der Waals surface area (Å²) in [6.45, 7) is 1.41. The Morgan fingerprint density at radius 2 is 1.82 bits per heavy atom. The number of ether oxygens (including phenoxy) is 1. The van der Waals surface area contributed by atoms with Gasteiger partial charge >= 0.3 is 0 Å². The average Bonchev–Trinajstić information content (AvgIpc) is 3.39. The van der Waals surface area contributed by atoms with E-state index < -0.39 is 5.91 Å². The molecule has 8 heteroatoms. The van der Waals surface area contributed by atoms with Crippen LogP contribution in [0, 0.1) is 0 Å². The minimum absolute atomic E-state index is 0.00348. The number of carbonyl (C=O) groups is 2. The molecule has 1 fully saturated rings. The molecule has 2 amide bonds. The van der Waals surface area contributed by atoms with Gasteiger partial charge in [-0.05, 0) is 69.3 Å². The maximum absolute atomic E-state index is 13.4. The molecule has 2 aliphatic heterocycles. The largest absolute Gasteiger partial charge is 0.504 e. The summed E-state index contributed by atoms with van der Waals surface area (Å²) in [5, 5.41) is 18.8. The quantitative estimate of drug-likeness (QED) is 0.297. The van der Waals surface area contributed by atoms with Gasteiger partial charge in [0.2, 0.25) is 5.91 Å². The molecule has 2 heterocycles. The van der Waals surface area contributed by atoms with Gasteiger partial charge in [-0.2, -0.15) is 0 Å². The molecule has 0 bridgehead atoms. The first-order chi connectivity index (χ1) is 19.4. The number of primary amides is 1. The molecule has 5 aromatic rings. The van der Waals surface area contributed by atoms with Crippen LogP contribution in [0.3, 0.4) is 0 Å². The summed E-state index contributed by atoms with van der Waals surface area (Å²) in [4.78, 5) is 34.3. The summed E-state index contributed by atoms with van der Waals surface area (Å²) in [7, 11) is 1.46. The summed E-state index contributed by atoms with van der Waals surface area (Å²) in [6, 6.07) is 19.5. The fourth-order valence-electron chi connectivity index (χ4n) is 6.57. The van der Waals surface area contributed by atoms with Gasteiger partial charge in [0.05, 0.1) is 37.6 Å². The Morgan fingerprint density at radius 3 is 2.60 bits per heavy atom. The fraction of sp³-hybridized carbons (Fsp3) is 0.250. The zero-order chi connectivity index (χ0) is 27.5. The van der Waals surface area contributed by atoms with E-state index in [1.54, 1.807) is 11.1 Å². The lowest BCUT2D eigenvalue weighted by Crippen LogP contribution is -2.40. The number of hydrogen-bond acceptors (Lipinski definition) is 6. The van der Waals surface area contributed by atoms with Crippen LogP contribution in [-0.2, 0) is 11.3 Å². The second-order valence-electron chi connectivity index (χ2n) is 10.6. The number of hydrogen-bond donors (Lipinski definition) is 2. The highest BCUT2D eigenvalue weighted by Gasteiger charge is 2.37. The molecule has 0 aliphatic carbocycles. The molecule has 0 aromatic heterocycles. The molecule has 1 saturated heterocycles. The van der Waals surface area contributed by atoms with Crippen LogP contribution in [0.4, 0.5) is 5.69 Å². The molecule has 1 unspecified atom stereocenters. The molecule has 0 radical (unpaired) electrons. The number of rotatable bonds is 6. The highest BCUT2D eigenvalue weighted by atomic mass is 16.7. The summed E-state index contributed by atoms with van der Waals surface area (Å²) in [5.74, 6) is -0.397. The third kappa shape index (κ3) is 3.71. The van der Waals surface area contributed by atoms with E-state index in [1.165, 1.54) is 18.6 Å². The minimum Gasteiger partial charge on any atom is -0.504 e. The van der Waals surface area contributed by atoms with Crippen LogP contribution in [0.5, 0.6) is 11.5 Å². The number of fused-ring (bicyclic) bond motifs is 2. The normalized spacial score (nSPS) is 17.0. The number of hydroxylamine groups is 1. The predicted octanol–water partition coefficient (Wildman–Crippen LogP) is 5.00. The smallest absolute Gasteiger partial charge is 0.256 e. The first kappa shape index (κ1) is 24.5. The molecule has 3 N–H and O–H groups in total. The highest BCUT2D eigenvalue weighted by Crippen LogP contribution is 2.40. The highest BCUT2D eigenvalue weighted by molar-refractivity contribution is 6.25. The van der Waals surface area contributed by atoms with Gasteiger partial charge in [0.25, 0.3) is 5.91 Å². The van der Waals surface area contributed by atoms with Gasteiger partial charge in [-0.25, -0.2) is 0 Å². The minimum atomic E-state index is -0.482. The second kappa shape index (κ2) is 9.27. The standard InChI is InChI=1S/C32H29N3O5/c1-39-28-15-25-26(16-27(28)36)35(17-21-6-3-12-34(21)32(25)38)40-13-11-22-23-10-9-19-5-2-4-18-7-8-20(30(23)29(18)19)14-24(22)31(33)37/h2,4-5,7-10,14-16,21,36H,3,6,11-13,17H2,1H3,(H2,33,37). The summed E-state index contributed by atoms with van der Waals surface area (Å²) >= 11 is 0. The zero-order valence-corrected chi connectivity index (χ0v) is 22.1. The van der Waals surface area contributed by atoms with Crippen molar-refractivity contribution in [3.8, 4) is 11.5 Å². The zero-order valence-electron chi connectivity index (χ0n) is 22.1. The first-order valence-corrected chi connectivity index (χ1v) is 13.6. The fourth-order valence-corrected chi connectivity index (χ4v) is 6.57. The first-order valence-electron chi connectivity index (χ1n) is 13.6. The van der Waals surface area contributed by atoms with Crippen molar-refractivity contribution in [1.29, 1.82) is 0 Å². The van der Waals surface area contributed by atoms with Gasteiger partial charge in [-0.3, -0.25) is 19.5 Å². The van der Waals surface area contributed by atoms with Gasteiger partial charge in [-0.1, -0.05) is 42.5 Å². The summed E-state index contributed by atoms with van der Waals surface area (Å²) < 4.78 is 5.29. The van der Waals surface area contributed by atoms with Crippen molar-refractivity contribution in [3.63, 3.8) is 0 Å². The molecule has 2 aliphatic rings. The van der Waals surface area contributed by atoms with E-state index in [9.17, 15) is 14.7 Å². The van der Waals surface area contributed by atoms with E-state index in [2.05, 4.69) is 30.3 Å². The molecular formula is C32H29N3O5. The molecule has 202 valence electrons. The second-order valence-corrected chi connectivity index (χ2v) is 10.6. The lowest BCUT2D eigenvalue weighted by molar-refractivity contribution is 0.0710. The van der Waals surface area contributed by atoms with Gasteiger partial charge in [0, 0.05) is 18.2 Å². The van der Waals surface area contributed by atoms with E-state index in [1.807, 2.05) is 23.1 Å². The van der Waals surface area contributed by atoms with Crippen LogP contribution in [0.25, 0.3) is 32.3 Å². The molecule has 7 rings (SSSR count). The van der Waals surface area contributed by atoms with E-state index in [-0.39, 0.29) is 30.1 Å². The van der Waals surface area contributed by atoms with Crippen LogP contribution in [0.2, 0.25) is 0 Å². The molecule has 1 atom stereocenters. The Labute approximate surface area is 230 Å². The van der Waals surface area contributed by atoms with E-state index in [4.69, 9.17) is 15.3 Å². The molecular weight excluding hydrogens is 506 g/mol. The number of benzene rings is 5. The number of phenolic OH excluding ortho intramolecular Hbond substituents is 1. The maximum Gasteiger partial charge on any atom is 0.256 e. The van der Waals surface area contributed by atoms with E-state index in [0.29, 0.717) is 36.3 Å². The van der Waals surface area contributed by atoms with Crippen LogP contribution in [0.15, 0.2) is 60.7 Å². The third-order valence-electron chi connectivity index (χ3n) is 8.43. The third-order valence-corrected chi connectivity index (χ3v) is 8.43. The Bertz CT molecular complexity index is 1800. The number of anilines is 1. The molecule has 5 aromatic carbocycles. The van der Waals surface area contributed by atoms with Crippen molar-refractivity contribution in [2.45, 2.75) is 25.3 Å². The number of amides is 2. The Balaban J connectivity index is 1.27. The van der Waals surface area contributed by atoms with Gasteiger partial charge in [-0.15, -0.1) is 0 Å². The van der Waals surface area contributed by atoms with Crippen LogP contribution < -0.4 is 15.5 Å². The number of nitrogens with zero attached hydrogens (tertiary/aromatic N) is 2. The van der Waals surface area contributed by atoms with E-state index >= 15 is 0 Å². The Kier molecular flexibility index (Phi) is 5.68. The van der Waals surface area contributed by atoms with E-state index in [0.717, 1.165) is 45.3 Å². The van der Waals surface area contributed by atoms with Crippen LogP contribution in [-0.4, -0.2) is 54.7 Å². The SMILES string of the molecule is COc1cc2c(cc1O)N(OCCc1c(C(N)=O)cc3ccc4cccc5ccc1c3c45)CC1CCCN1C2=O. The predicted molar refractivity (Wildman–Crippen MR) is 154 cm³/mol. The lowest BCUT2D eigenvalue weighted by Gasteiger charge is -2.27. The lowest BCUT2D eigenvalue weighted by atomic mass is 9.88. The van der Waals surface area contributed by atoms with Gasteiger partial charge in [0.15, 0.2) is 11.5 Å². The average molecular weight is 536 g/mol.